The van der Waals surface area contributed by atoms with Gasteiger partial charge in [-0.25, -0.2) is 8.42 Å². The second-order valence-electron chi connectivity index (χ2n) is 9.27. The molecule has 2 amide bonds. The molecule has 0 saturated carbocycles. The van der Waals surface area contributed by atoms with Gasteiger partial charge in [0.1, 0.15) is 6.54 Å². The van der Waals surface area contributed by atoms with Gasteiger partial charge in [0, 0.05) is 25.2 Å². The molecule has 1 N–H and O–H groups in total. The number of nitrogens with one attached hydrogen (secondary N) is 1. The molecule has 1 fully saturated rings. The van der Waals surface area contributed by atoms with Crippen molar-refractivity contribution in [3.8, 4) is 0 Å². The summed E-state index contributed by atoms with van der Waals surface area (Å²) in [4.78, 5) is 27.0. The van der Waals surface area contributed by atoms with Crippen molar-refractivity contribution in [1.29, 1.82) is 0 Å². The smallest absolute Gasteiger partial charge is 0.264 e. The molecule has 0 unspecified atom stereocenters. The van der Waals surface area contributed by atoms with E-state index in [2.05, 4.69) is 5.32 Å². The summed E-state index contributed by atoms with van der Waals surface area (Å²) in [5.41, 5.74) is 4.84. The van der Waals surface area contributed by atoms with Gasteiger partial charge in [-0.2, -0.15) is 0 Å². The fourth-order valence-corrected chi connectivity index (χ4v) is 5.79. The molecule has 36 heavy (non-hydrogen) atoms. The van der Waals surface area contributed by atoms with Crippen LogP contribution in [0.4, 0.5) is 11.4 Å². The average molecular weight is 506 g/mol. The first-order valence-corrected chi connectivity index (χ1v) is 13.4. The highest BCUT2D eigenvalue weighted by Gasteiger charge is 2.28. The first kappa shape index (κ1) is 25.4. The van der Waals surface area contributed by atoms with Crippen molar-refractivity contribution in [2.24, 2.45) is 0 Å². The molecule has 8 heteroatoms. The molecule has 0 atom stereocenters. The topological polar surface area (TPSA) is 86.8 Å². The predicted molar refractivity (Wildman–Crippen MR) is 142 cm³/mol. The third-order valence-electron chi connectivity index (χ3n) is 6.18. The Morgan fingerprint density at radius 2 is 1.64 bits per heavy atom. The van der Waals surface area contributed by atoms with Crippen LogP contribution in [0.5, 0.6) is 0 Å². The lowest BCUT2D eigenvalue weighted by atomic mass is 10.1. The van der Waals surface area contributed by atoms with Gasteiger partial charge in [0.2, 0.25) is 11.8 Å². The Kier molecular flexibility index (Phi) is 7.45. The average Bonchev–Trinajstić information content (AvgIpc) is 3.27. The lowest BCUT2D eigenvalue weighted by molar-refractivity contribution is -0.120. The molecule has 1 saturated heterocycles. The maximum Gasteiger partial charge on any atom is 0.264 e. The van der Waals surface area contributed by atoms with Crippen LogP contribution in [0.15, 0.2) is 71.6 Å². The van der Waals surface area contributed by atoms with E-state index >= 15 is 0 Å². The van der Waals surface area contributed by atoms with Gasteiger partial charge in [0.05, 0.1) is 10.6 Å². The number of nitrogens with zero attached hydrogens (tertiary/aromatic N) is 2. The second-order valence-corrected chi connectivity index (χ2v) is 11.1. The Hall–Kier alpha value is -3.65. The van der Waals surface area contributed by atoms with Crippen molar-refractivity contribution in [3.63, 3.8) is 0 Å². The number of sulfonamides is 1. The highest BCUT2D eigenvalue weighted by molar-refractivity contribution is 7.92. The fourth-order valence-electron chi connectivity index (χ4n) is 4.39. The Morgan fingerprint density at radius 1 is 0.944 bits per heavy atom. The molecule has 3 aromatic rings. The number of carbonyl (C=O) groups excluding carboxylic acids is 2. The molecule has 7 nitrogen and oxygen atoms in total. The molecule has 188 valence electrons. The van der Waals surface area contributed by atoms with Gasteiger partial charge in [-0.3, -0.25) is 13.9 Å². The number of carbonyl (C=O) groups is 2. The molecule has 4 rings (SSSR count). The van der Waals surface area contributed by atoms with Crippen LogP contribution < -0.4 is 14.5 Å². The largest absolute Gasteiger partial charge is 0.350 e. The maximum absolute atomic E-state index is 13.6. The predicted octanol–water partition coefficient (Wildman–Crippen LogP) is 4.25. The number of anilines is 2. The van der Waals surface area contributed by atoms with Crippen LogP contribution in [-0.2, 0) is 26.2 Å². The van der Waals surface area contributed by atoms with Crippen LogP contribution in [0.25, 0.3) is 0 Å². The number of benzene rings is 3. The Balaban J connectivity index is 1.55. The standard InChI is InChI=1S/C28H31N3O4S/c1-20-9-11-26(12-10-20)36(34,35)31(25-15-21(2)14-22(3)16-25)19-27(32)29-18-23-6-4-7-24(17-23)30-13-5-8-28(30)33/h4,6-7,9-12,14-17H,5,8,13,18-19H2,1-3H3,(H,29,32). The van der Waals surface area contributed by atoms with Crippen LogP contribution in [0.1, 0.15) is 35.1 Å². The summed E-state index contributed by atoms with van der Waals surface area (Å²) in [5, 5.41) is 2.84. The molecule has 1 aliphatic heterocycles. The van der Waals surface area contributed by atoms with Gasteiger partial charge < -0.3 is 10.2 Å². The zero-order chi connectivity index (χ0) is 25.9. The third-order valence-corrected chi connectivity index (χ3v) is 7.96. The minimum Gasteiger partial charge on any atom is -0.350 e. The van der Waals surface area contributed by atoms with Crippen molar-refractivity contribution in [2.75, 3.05) is 22.3 Å². The SMILES string of the molecule is Cc1ccc(S(=O)(=O)N(CC(=O)NCc2cccc(N3CCCC3=O)c2)c2cc(C)cc(C)c2)cc1. The van der Waals surface area contributed by atoms with E-state index in [-0.39, 0.29) is 23.9 Å². The summed E-state index contributed by atoms with van der Waals surface area (Å²) in [5.74, 6) is -0.325. The molecule has 1 aliphatic rings. The zero-order valence-electron chi connectivity index (χ0n) is 20.8. The Morgan fingerprint density at radius 3 is 2.28 bits per heavy atom. The van der Waals surface area contributed by atoms with Gasteiger partial charge in [-0.15, -0.1) is 0 Å². The van der Waals surface area contributed by atoms with Gasteiger partial charge in [0.15, 0.2) is 0 Å². The lowest BCUT2D eigenvalue weighted by Gasteiger charge is -2.25. The van der Waals surface area contributed by atoms with Crippen LogP contribution >= 0.6 is 0 Å². The highest BCUT2D eigenvalue weighted by atomic mass is 32.2. The van der Waals surface area contributed by atoms with E-state index in [9.17, 15) is 18.0 Å². The number of rotatable bonds is 8. The summed E-state index contributed by atoms with van der Waals surface area (Å²) in [6, 6.07) is 19.6. The van der Waals surface area contributed by atoms with Crippen LogP contribution in [0, 0.1) is 20.8 Å². The molecular weight excluding hydrogens is 474 g/mol. The molecule has 1 heterocycles. The van der Waals surface area contributed by atoms with Crippen molar-refractivity contribution >= 4 is 33.2 Å². The van der Waals surface area contributed by atoms with Crippen LogP contribution in [0.3, 0.4) is 0 Å². The number of amides is 2. The number of hydrogen-bond donors (Lipinski definition) is 1. The monoisotopic (exact) mass is 505 g/mol. The zero-order valence-corrected chi connectivity index (χ0v) is 21.6. The highest BCUT2D eigenvalue weighted by Crippen LogP contribution is 2.26. The summed E-state index contributed by atoms with van der Waals surface area (Å²) in [6.07, 6.45) is 1.38. The first-order chi connectivity index (χ1) is 17.1. The van der Waals surface area contributed by atoms with E-state index in [0.29, 0.717) is 18.7 Å². The van der Waals surface area contributed by atoms with Crippen molar-refractivity contribution in [1.82, 2.24) is 5.32 Å². The fraction of sp³-hybridized carbons (Fsp3) is 0.286. The van der Waals surface area contributed by atoms with E-state index in [1.165, 1.54) is 0 Å². The van der Waals surface area contributed by atoms with E-state index in [4.69, 9.17) is 0 Å². The molecule has 0 bridgehead atoms. The summed E-state index contributed by atoms with van der Waals surface area (Å²) in [6.45, 7) is 6.23. The summed E-state index contributed by atoms with van der Waals surface area (Å²) >= 11 is 0. The Bertz CT molecular complexity index is 1360. The van der Waals surface area contributed by atoms with E-state index in [1.54, 1.807) is 41.3 Å². The number of aryl methyl sites for hydroxylation is 3. The quantitative estimate of drug-likeness (QED) is 0.496. The van der Waals surface area contributed by atoms with Gasteiger partial charge in [0.25, 0.3) is 10.0 Å². The molecule has 3 aromatic carbocycles. The minimum absolute atomic E-state index is 0.0987. The van der Waals surface area contributed by atoms with Crippen LogP contribution in [-0.4, -0.2) is 33.3 Å². The molecule has 0 radical (unpaired) electrons. The lowest BCUT2D eigenvalue weighted by Crippen LogP contribution is -2.40. The number of hydrogen-bond acceptors (Lipinski definition) is 4. The molecule has 0 aromatic heterocycles. The maximum atomic E-state index is 13.6. The Labute approximate surface area is 212 Å². The van der Waals surface area contributed by atoms with Crippen molar-refractivity contribution in [3.05, 3.63) is 89.0 Å². The first-order valence-electron chi connectivity index (χ1n) is 12.0. The second kappa shape index (κ2) is 10.5. The summed E-state index contributed by atoms with van der Waals surface area (Å²) in [7, 11) is -3.98. The minimum atomic E-state index is -3.98. The third kappa shape index (κ3) is 5.76. The summed E-state index contributed by atoms with van der Waals surface area (Å²) < 4.78 is 28.4. The van der Waals surface area contributed by atoms with Gasteiger partial charge in [-0.05, 0) is 80.3 Å². The van der Waals surface area contributed by atoms with Crippen molar-refractivity contribution in [2.45, 2.75) is 45.1 Å². The molecule has 0 spiro atoms. The molecular formula is C28H31N3O4S. The van der Waals surface area contributed by atoms with Crippen LogP contribution in [0.2, 0.25) is 0 Å². The van der Waals surface area contributed by atoms with Gasteiger partial charge >= 0.3 is 0 Å². The normalized spacial score (nSPS) is 13.6. The van der Waals surface area contributed by atoms with Crippen molar-refractivity contribution < 1.29 is 18.0 Å². The van der Waals surface area contributed by atoms with E-state index < -0.39 is 15.9 Å². The van der Waals surface area contributed by atoms with Gasteiger partial charge in [-0.1, -0.05) is 35.9 Å². The van der Waals surface area contributed by atoms with E-state index in [0.717, 1.165) is 38.7 Å². The molecule has 0 aliphatic carbocycles. The van der Waals surface area contributed by atoms with E-state index in [1.807, 2.05) is 51.1 Å².